The lowest BCUT2D eigenvalue weighted by Crippen LogP contribution is -2.48. The summed E-state index contributed by atoms with van der Waals surface area (Å²) in [5.74, 6) is 0.565. The second kappa shape index (κ2) is 10.6. The van der Waals surface area contributed by atoms with E-state index in [1.807, 2.05) is 22.4 Å². The lowest BCUT2D eigenvalue weighted by molar-refractivity contribution is -0.121. The van der Waals surface area contributed by atoms with Crippen LogP contribution >= 0.6 is 11.3 Å². The molecule has 5 rings (SSSR count). The number of rotatable bonds is 7. The second-order valence-electron chi connectivity index (χ2n) is 10.4. The molecule has 0 unspecified atom stereocenters. The molecule has 2 amide bonds. The fourth-order valence-electron chi connectivity index (χ4n) is 4.73. The van der Waals surface area contributed by atoms with E-state index in [0.29, 0.717) is 31.1 Å². The van der Waals surface area contributed by atoms with Gasteiger partial charge in [-0.1, -0.05) is 57.2 Å². The summed E-state index contributed by atoms with van der Waals surface area (Å²) in [6.07, 6.45) is 0.985. The largest absolute Gasteiger partial charge is 0.482 e. The zero-order chi connectivity index (χ0) is 26.0. The molecule has 0 radical (unpaired) electrons. The normalized spacial score (nSPS) is 16.5. The van der Waals surface area contributed by atoms with Crippen LogP contribution in [0.2, 0.25) is 0 Å². The fraction of sp³-hybridized carbons (Fsp3) is 0.414. The zero-order valence-electron chi connectivity index (χ0n) is 21.8. The number of nitrogens with zero attached hydrogens (tertiary/aromatic N) is 4. The van der Waals surface area contributed by atoms with Gasteiger partial charge in [0.15, 0.2) is 6.61 Å². The highest BCUT2D eigenvalue weighted by Crippen LogP contribution is 2.38. The third kappa shape index (κ3) is 5.55. The molecule has 1 fully saturated rings. The quantitative estimate of drug-likeness (QED) is 0.453. The minimum absolute atomic E-state index is 0.00686. The van der Waals surface area contributed by atoms with Gasteiger partial charge in [0.05, 0.1) is 12.2 Å². The highest BCUT2D eigenvalue weighted by atomic mass is 32.1. The van der Waals surface area contributed by atoms with E-state index in [1.165, 1.54) is 22.5 Å². The van der Waals surface area contributed by atoms with Crippen molar-refractivity contribution in [2.24, 2.45) is 0 Å². The van der Waals surface area contributed by atoms with Crippen molar-refractivity contribution < 1.29 is 14.3 Å². The Labute approximate surface area is 222 Å². The summed E-state index contributed by atoms with van der Waals surface area (Å²) in [4.78, 5) is 36.7. The summed E-state index contributed by atoms with van der Waals surface area (Å²) < 4.78 is 5.70. The van der Waals surface area contributed by atoms with Crippen LogP contribution in [0.25, 0.3) is 0 Å². The lowest BCUT2D eigenvalue weighted by Gasteiger charge is -2.34. The molecule has 1 aromatic heterocycles. The van der Waals surface area contributed by atoms with Crippen LogP contribution in [0.15, 0.2) is 53.9 Å². The van der Waals surface area contributed by atoms with E-state index in [-0.39, 0.29) is 23.8 Å². The number of piperazine rings is 1. The van der Waals surface area contributed by atoms with E-state index in [0.717, 1.165) is 36.8 Å². The molecular weight excluding hydrogens is 484 g/mol. The Hall–Kier alpha value is -3.23. The molecule has 7 nitrogen and oxygen atoms in total. The average Bonchev–Trinajstić information content (AvgIpc) is 3.39. The Balaban J connectivity index is 1.24. The molecule has 0 aliphatic carbocycles. The Morgan fingerprint density at radius 1 is 1.05 bits per heavy atom. The lowest BCUT2D eigenvalue weighted by atomic mass is 9.82. The van der Waals surface area contributed by atoms with Crippen molar-refractivity contribution in [2.75, 3.05) is 37.7 Å². The molecule has 0 bridgehead atoms. The number of thiazole rings is 1. The van der Waals surface area contributed by atoms with Crippen LogP contribution < -0.4 is 9.64 Å². The smallest absolute Gasteiger partial charge is 0.273 e. The van der Waals surface area contributed by atoms with E-state index in [4.69, 9.17) is 4.74 Å². The topological polar surface area (TPSA) is 66.0 Å². The Morgan fingerprint density at radius 2 is 1.81 bits per heavy atom. The van der Waals surface area contributed by atoms with Crippen molar-refractivity contribution in [3.63, 3.8) is 0 Å². The van der Waals surface area contributed by atoms with Gasteiger partial charge in [-0.15, -0.1) is 11.3 Å². The maximum Gasteiger partial charge on any atom is 0.273 e. The summed E-state index contributed by atoms with van der Waals surface area (Å²) in [6.45, 7) is 10.8. The monoisotopic (exact) mass is 518 g/mol. The number of hydrogen-bond donors (Lipinski definition) is 0. The molecule has 3 aromatic rings. The van der Waals surface area contributed by atoms with E-state index in [2.05, 4.69) is 67.1 Å². The summed E-state index contributed by atoms with van der Waals surface area (Å²) in [7, 11) is 0. The van der Waals surface area contributed by atoms with Crippen molar-refractivity contribution in [3.05, 3.63) is 75.7 Å². The Morgan fingerprint density at radius 3 is 2.54 bits per heavy atom. The van der Waals surface area contributed by atoms with E-state index < -0.39 is 0 Å². The van der Waals surface area contributed by atoms with Gasteiger partial charge in [0, 0.05) is 38.1 Å². The first-order valence-corrected chi connectivity index (χ1v) is 13.8. The van der Waals surface area contributed by atoms with Gasteiger partial charge in [-0.25, -0.2) is 4.98 Å². The van der Waals surface area contributed by atoms with Gasteiger partial charge in [0.1, 0.15) is 16.5 Å². The zero-order valence-corrected chi connectivity index (χ0v) is 22.6. The molecule has 37 heavy (non-hydrogen) atoms. The predicted molar refractivity (Wildman–Crippen MR) is 146 cm³/mol. The van der Waals surface area contributed by atoms with Crippen LogP contribution in [-0.4, -0.2) is 59.4 Å². The number of carbonyl (C=O) groups excluding carboxylic acids is 2. The van der Waals surface area contributed by atoms with Gasteiger partial charge in [0.25, 0.3) is 11.8 Å². The molecule has 8 heteroatoms. The minimum atomic E-state index is -0.100. The molecule has 194 valence electrons. The first kappa shape index (κ1) is 25.4. The van der Waals surface area contributed by atoms with Gasteiger partial charge in [-0.05, 0) is 35.1 Å². The number of ether oxygens (including phenoxy) is 1. The number of anilines is 1. The number of benzene rings is 2. The Kier molecular flexibility index (Phi) is 7.31. The molecule has 2 aliphatic heterocycles. The summed E-state index contributed by atoms with van der Waals surface area (Å²) in [6, 6.07) is 16.5. The van der Waals surface area contributed by atoms with Gasteiger partial charge in [-0.2, -0.15) is 0 Å². The molecule has 1 saturated heterocycles. The average molecular weight is 519 g/mol. The number of carbonyl (C=O) groups is 2. The predicted octanol–water partition coefficient (Wildman–Crippen LogP) is 4.71. The van der Waals surface area contributed by atoms with Crippen LogP contribution in [0.3, 0.4) is 0 Å². The number of aromatic nitrogens is 1. The van der Waals surface area contributed by atoms with Gasteiger partial charge in [-0.3, -0.25) is 19.4 Å². The first-order chi connectivity index (χ1) is 17.8. The SMILES string of the molecule is CCC(C)(C)c1ccc2c(c1)N(Cc1nc(C(=O)N3CCN(Cc4ccccc4)CC3)cs1)C(=O)CO2. The Bertz CT molecular complexity index is 1270. The standard InChI is InChI=1S/C29H34N4O3S/c1-4-29(2,3)22-10-11-25-24(16-22)33(27(34)19-36-25)18-26-30-23(20-37-26)28(35)32-14-12-31(13-15-32)17-21-8-6-5-7-9-21/h5-11,16,20H,4,12-15,17-19H2,1-3H3. The van der Waals surface area contributed by atoms with Gasteiger partial charge in [0.2, 0.25) is 0 Å². The molecule has 0 N–H and O–H groups in total. The van der Waals surface area contributed by atoms with Crippen molar-refractivity contribution >= 4 is 28.8 Å². The van der Waals surface area contributed by atoms with Crippen molar-refractivity contribution in [3.8, 4) is 5.75 Å². The maximum atomic E-state index is 13.2. The molecule has 2 aliphatic rings. The van der Waals surface area contributed by atoms with Crippen LogP contribution in [0.5, 0.6) is 5.75 Å². The van der Waals surface area contributed by atoms with Gasteiger partial charge >= 0.3 is 0 Å². The number of fused-ring (bicyclic) bond motifs is 1. The van der Waals surface area contributed by atoms with E-state index in [1.54, 1.807) is 4.90 Å². The van der Waals surface area contributed by atoms with Gasteiger partial charge < -0.3 is 9.64 Å². The molecule has 0 spiro atoms. The highest BCUT2D eigenvalue weighted by Gasteiger charge is 2.30. The van der Waals surface area contributed by atoms with E-state index in [9.17, 15) is 9.59 Å². The third-order valence-corrected chi connectivity index (χ3v) is 8.37. The number of amides is 2. The van der Waals surface area contributed by atoms with Crippen LogP contribution in [0.1, 0.15) is 53.8 Å². The van der Waals surface area contributed by atoms with Crippen molar-refractivity contribution in [2.45, 2.75) is 45.7 Å². The second-order valence-corrected chi connectivity index (χ2v) is 11.3. The van der Waals surface area contributed by atoms with Crippen LogP contribution in [0.4, 0.5) is 5.69 Å². The third-order valence-electron chi connectivity index (χ3n) is 7.54. The first-order valence-electron chi connectivity index (χ1n) is 12.9. The minimum Gasteiger partial charge on any atom is -0.482 e. The van der Waals surface area contributed by atoms with Crippen LogP contribution in [-0.2, 0) is 23.3 Å². The molecule has 2 aromatic carbocycles. The summed E-state index contributed by atoms with van der Waals surface area (Å²) >= 11 is 1.43. The van der Waals surface area contributed by atoms with Crippen molar-refractivity contribution in [1.82, 2.24) is 14.8 Å². The molecule has 0 atom stereocenters. The fourth-order valence-corrected chi connectivity index (χ4v) is 5.49. The van der Waals surface area contributed by atoms with Crippen molar-refractivity contribution in [1.29, 1.82) is 0 Å². The molecular formula is C29H34N4O3S. The number of hydrogen-bond acceptors (Lipinski definition) is 6. The summed E-state index contributed by atoms with van der Waals surface area (Å²) in [5, 5.41) is 2.56. The summed E-state index contributed by atoms with van der Waals surface area (Å²) in [5.41, 5.74) is 3.67. The van der Waals surface area contributed by atoms with Crippen LogP contribution in [0, 0.1) is 0 Å². The highest BCUT2D eigenvalue weighted by molar-refractivity contribution is 7.09. The molecule has 0 saturated carbocycles. The maximum absolute atomic E-state index is 13.2. The van der Waals surface area contributed by atoms with E-state index >= 15 is 0 Å². The molecule has 3 heterocycles.